The highest BCUT2D eigenvalue weighted by Crippen LogP contribution is 2.39. The Hall–Kier alpha value is -1.86. The molecule has 0 saturated carbocycles. The second-order valence-corrected chi connectivity index (χ2v) is 4.83. The number of phenolic OH excluding ortho intramolecular Hbond substituents is 1. The van der Waals surface area contributed by atoms with Crippen LogP contribution in [0.2, 0.25) is 0 Å². The number of ether oxygens (including phenoxy) is 1. The molecule has 7 heteroatoms. The number of hydroxylamine groups is 2. The molecular formula is C12H12FNO4S. The van der Waals surface area contributed by atoms with E-state index in [9.17, 15) is 14.3 Å². The Balaban J connectivity index is 2.58. The van der Waals surface area contributed by atoms with E-state index in [4.69, 9.17) is 9.57 Å². The van der Waals surface area contributed by atoms with Crippen LogP contribution < -0.4 is 4.74 Å². The Labute approximate surface area is 112 Å². The van der Waals surface area contributed by atoms with Crippen molar-refractivity contribution in [3.05, 3.63) is 22.8 Å². The Kier molecular flexibility index (Phi) is 3.59. The second kappa shape index (κ2) is 5.02. The van der Waals surface area contributed by atoms with Gasteiger partial charge >= 0.3 is 0 Å². The smallest absolute Gasteiger partial charge is 0.287 e. The Morgan fingerprint density at radius 3 is 2.68 bits per heavy atom. The van der Waals surface area contributed by atoms with Crippen LogP contribution in [0.3, 0.4) is 0 Å². The van der Waals surface area contributed by atoms with E-state index in [1.807, 2.05) is 0 Å². The fourth-order valence-electron chi connectivity index (χ4n) is 1.61. The molecule has 0 aliphatic heterocycles. The molecule has 0 unspecified atom stereocenters. The summed E-state index contributed by atoms with van der Waals surface area (Å²) in [6, 6.07) is 2.87. The van der Waals surface area contributed by atoms with E-state index in [1.54, 1.807) is 0 Å². The summed E-state index contributed by atoms with van der Waals surface area (Å²) in [4.78, 5) is 17.0. The van der Waals surface area contributed by atoms with Crippen LogP contribution in [-0.4, -0.2) is 37.3 Å². The number of benzene rings is 1. The minimum Gasteiger partial charge on any atom is -0.502 e. The van der Waals surface area contributed by atoms with Crippen molar-refractivity contribution in [1.82, 2.24) is 5.06 Å². The molecule has 0 bridgehead atoms. The molecule has 0 aliphatic carbocycles. The van der Waals surface area contributed by atoms with Crippen molar-refractivity contribution in [2.45, 2.75) is 0 Å². The molecule has 0 spiro atoms. The van der Waals surface area contributed by atoms with Crippen LogP contribution in [0.15, 0.2) is 12.1 Å². The largest absolute Gasteiger partial charge is 0.502 e. The van der Waals surface area contributed by atoms with Gasteiger partial charge in [-0.3, -0.25) is 9.63 Å². The van der Waals surface area contributed by atoms with Gasteiger partial charge < -0.3 is 9.84 Å². The first kappa shape index (κ1) is 13.6. The van der Waals surface area contributed by atoms with E-state index in [-0.39, 0.29) is 17.0 Å². The van der Waals surface area contributed by atoms with Crippen molar-refractivity contribution in [2.75, 3.05) is 21.3 Å². The Morgan fingerprint density at radius 2 is 2.11 bits per heavy atom. The van der Waals surface area contributed by atoms with Crippen molar-refractivity contribution < 1.29 is 23.9 Å². The summed E-state index contributed by atoms with van der Waals surface area (Å²) in [7, 11) is 4.15. The van der Waals surface area contributed by atoms with E-state index in [0.29, 0.717) is 9.58 Å². The lowest BCUT2D eigenvalue weighted by Gasteiger charge is -2.11. The van der Waals surface area contributed by atoms with Crippen LogP contribution in [0, 0.1) is 5.82 Å². The third-order valence-corrected chi connectivity index (χ3v) is 3.76. The molecular weight excluding hydrogens is 273 g/mol. The highest BCUT2D eigenvalue weighted by Gasteiger charge is 2.20. The summed E-state index contributed by atoms with van der Waals surface area (Å²) in [5, 5.41) is 10.8. The normalized spacial score (nSPS) is 10.7. The zero-order valence-corrected chi connectivity index (χ0v) is 11.4. The number of thiophene rings is 1. The first-order valence-corrected chi connectivity index (χ1v) is 6.12. The monoisotopic (exact) mass is 285 g/mol. The molecule has 0 fully saturated rings. The number of halogens is 1. The summed E-state index contributed by atoms with van der Waals surface area (Å²) in [6.07, 6.45) is 0. The van der Waals surface area contributed by atoms with Crippen molar-refractivity contribution in [2.24, 2.45) is 0 Å². The number of carbonyl (C=O) groups excluding carboxylic acids is 1. The highest BCUT2D eigenvalue weighted by molar-refractivity contribution is 7.20. The molecule has 0 saturated heterocycles. The van der Waals surface area contributed by atoms with Crippen molar-refractivity contribution >= 4 is 27.3 Å². The number of amides is 1. The predicted molar refractivity (Wildman–Crippen MR) is 69.1 cm³/mol. The molecule has 2 aromatic rings. The molecule has 0 aliphatic rings. The number of nitrogens with zero attached hydrogens (tertiary/aromatic N) is 1. The molecule has 5 nitrogen and oxygen atoms in total. The predicted octanol–water partition coefficient (Wildman–Crippen LogP) is 2.39. The first-order chi connectivity index (χ1) is 8.99. The van der Waals surface area contributed by atoms with Gasteiger partial charge in [0, 0.05) is 23.2 Å². The van der Waals surface area contributed by atoms with Crippen molar-refractivity contribution in [1.29, 1.82) is 0 Å². The van der Waals surface area contributed by atoms with Gasteiger partial charge in [-0.25, -0.2) is 9.45 Å². The van der Waals surface area contributed by atoms with Crippen LogP contribution >= 0.6 is 11.3 Å². The summed E-state index contributed by atoms with van der Waals surface area (Å²) >= 11 is 1.10. The lowest BCUT2D eigenvalue weighted by molar-refractivity contribution is -0.0753. The summed E-state index contributed by atoms with van der Waals surface area (Å²) in [5.41, 5.74) is 0. The first-order valence-electron chi connectivity index (χ1n) is 5.30. The van der Waals surface area contributed by atoms with E-state index in [1.165, 1.54) is 33.4 Å². The van der Waals surface area contributed by atoms with E-state index in [0.717, 1.165) is 16.4 Å². The van der Waals surface area contributed by atoms with E-state index >= 15 is 0 Å². The van der Waals surface area contributed by atoms with Gasteiger partial charge in [-0.15, -0.1) is 11.3 Å². The third kappa shape index (κ3) is 2.22. The van der Waals surface area contributed by atoms with E-state index < -0.39 is 11.6 Å². The number of carbonyl (C=O) groups is 1. The molecule has 1 N–H and O–H groups in total. The standard InChI is InChI=1S/C12H12FNO4S/c1-14(18-3)12(16)9-4-6-8(19-9)5-7(17-2)11(15)10(6)13/h4-5,15H,1-3H3. The maximum Gasteiger partial charge on any atom is 0.287 e. The lowest BCUT2D eigenvalue weighted by Crippen LogP contribution is -2.24. The summed E-state index contributed by atoms with van der Waals surface area (Å²) < 4.78 is 19.3. The average Bonchev–Trinajstić information content (AvgIpc) is 2.85. The fourth-order valence-corrected chi connectivity index (χ4v) is 2.66. The van der Waals surface area contributed by atoms with Gasteiger partial charge in [0.1, 0.15) is 0 Å². The Bertz CT molecular complexity index is 640. The van der Waals surface area contributed by atoms with E-state index in [2.05, 4.69) is 0 Å². The number of hydrogen-bond donors (Lipinski definition) is 1. The third-order valence-electron chi connectivity index (χ3n) is 2.69. The highest BCUT2D eigenvalue weighted by atomic mass is 32.1. The van der Waals surface area contributed by atoms with Crippen LogP contribution in [-0.2, 0) is 4.84 Å². The average molecular weight is 285 g/mol. The molecule has 2 rings (SSSR count). The van der Waals surface area contributed by atoms with Gasteiger partial charge in [0.25, 0.3) is 5.91 Å². The molecule has 102 valence electrons. The fraction of sp³-hybridized carbons (Fsp3) is 0.250. The van der Waals surface area contributed by atoms with Crippen molar-refractivity contribution in [3.63, 3.8) is 0 Å². The van der Waals surface area contributed by atoms with Crippen LogP contribution in [0.4, 0.5) is 4.39 Å². The van der Waals surface area contributed by atoms with Gasteiger partial charge in [0.2, 0.25) is 0 Å². The molecule has 1 heterocycles. The minimum atomic E-state index is -0.801. The minimum absolute atomic E-state index is 0.0333. The summed E-state index contributed by atoms with van der Waals surface area (Å²) in [5.74, 6) is -1.72. The molecule has 19 heavy (non-hydrogen) atoms. The maximum absolute atomic E-state index is 13.9. The summed E-state index contributed by atoms with van der Waals surface area (Å²) in [6.45, 7) is 0. The molecule has 1 aromatic carbocycles. The molecule has 0 radical (unpaired) electrons. The number of fused-ring (bicyclic) bond motifs is 1. The number of phenols is 1. The van der Waals surface area contributed by atoms with Crippen LogP contribution in [0.1, 0.15) is 9.67 Å². The van der Waals surface area contributed by atoms with Gasteiger partial charge in [-0.1, -0.05) is 0 Å². The number of rotatable bonds is 3. The van der Waals surface area contributed by atoms with Gasteiger partial charge in [-0.05, 0) is 6.07 Å². The topological polar surface area (TPSA) is 59.0 Å². The maximum atomic E-state index is 13.9. The lowest BCUT2D eigenvalue weighted by atomic mass is 10.2. The number of aromatic hydroxyl groups is 1. The van der Waals surface area contributed by atoms with Gasteiger partial charge in [0.05, 0.1) is 19.1 Å². The van der Waals surface area contributed by atoms with Crippen LogP contribution in [0.25, 0.3) is 10.1 Å². The zero-order chi connectivity index (χ0) is 14.2. The van der Waals surface area contributed by atoms with Crippen molar-refractivity contribution in [3.8, 4) is 11.5 Å². The number of methoxy groups -OCH3 is 1. The Morgan fingerprint density at radius 1 is 1.42 bits per heavy atom. The number of hydrogen-bond acceptors (Lipinski definition) is 5. The molecule has 1 amide bonds. The SMILES string of the molecule is COc1cc2sc(C(=O)N(C)OC)cc2c(F)c1O. The zero-order valence-electron chi connectivity index (χ0n) is 10.6. The van der Waals surface area contributed by atoms with Crippen LogP contribution in [0.5, 0.6) is 11.5 Å². The molecule has 1 aromatic heterocycles. The molecule has 0 atom stereocenters. The quantitative estimate of drug-likeness (QED) is 0.880. The second-order valence-electron chi connectivity index (χ2n) is 3.75. The van der Waals surface area contributed by atoms with Gasteiger partial charge in [-0.2, -0.15) is 0 Å². The van der Waals surface area contributed by atoms with Gasteiger partial charge in [0.15, 0.2) is 17.3 Å².